The van der Waals surface area contributed by atoms with Gasteiger partial charge in [-0.15, -0.1) is 0 Å². The summed E-state index contributed by atoms with van der Waals surface area (Å²) in [5, 5.41) is 6.53. The number of amides is 1. The third kappa shape index (κ3) is 2.61. The molecule has 0 radical (unpaired) electrons. The zero-order valence-corrected chi connectivity index (χ0v) is 13.3. The van der Waals surface area contributed by atoms with Gasteiger partial charge in [-0.25, -0.2) is 0 Å². The average Bonchev–Trinajstić information content (AvgIpc) is 2.34. The summed E-state index contributed by atoms with van der Waals surface area (Å²) >= 11 is 0. The van der Waals surface area contributed by atoms with Crippen molar-refractivity contribution in [1.82, 2.24) is 10.6 Å². The van der Waals surface area contributed by atoms with Crippen molar-refractivity contribution in [1.29, 1.82) is 0 Å². The molecule has 0 aromatic rings. The standard InChI is InChI=1S/C17H30N2O/c1-4-19-16(2,3)15(20)18-11-17-8-12-5-13(9-17)7-14(6-12)10-17/h12-14,19H,4-11H2,1-3H3,(H,18,20). The van der Waals surface area contributed by atoms with Gasteiger partial charge in [-0.1, -0.05) is 6.92 Å². The monoisotopic (exact) mass is 278 g/mol. The normalized spacial score (nSPS) is 39.0. The van der Waals surface area contributed by atoms with Crippen LogP contribution in [0.4, 0.5) is 0 Å². The lowest BCUT2D eigenvalue weighted by molar-refractivity contribution is -0.128. The molecule has 4 aliphatic rings. The Morgan fingerprint density at radius 3 is 2.05 bits per heavy atom. The molecule has 0 aromatic carbocycles. The summed E-state index contributed by atoms with van der Waals surface area (Å²) in [4.78, 5) is 12.4. The summed E-state index contributed by atoms with van der Waals surface area (Å²) in [7, 11) is 0. The quantitative estimate of drug-likeness (QED) is 0.812. The highest BCUT2D eigenvalue weighted by Gasteiger charge is 2.50. The third-order valence-corrected chi connectivity index (χ3v) is 5.98. The number of hydrogen-bond acceptors (Lipinski definition) is 2. The first-order chi connectivity index (χ1) is 9.42. The highest BCUT2D eigenvalue weighted by Crippen LogP contribution is 2.59. The van der Waals surface area contributed by atoms with E-state index in [-0.39, 0.29) is 5.91 Å². The minimum Gasteiger partial charge on any atom is -0.354 e. The predicted octanol–water partition coefficient (Wildman–Crippen LogP) is 2.71. The fraction of sp³-hybridized carbons (Fsp3) is 0.941. The minimum absolute atomic E-state index is 0.162. The molecule has 0 unspecified atom stereocenters. The second kappa shape index (κ2) is 5.01. The number of carbonyl (C=O) groups excluding carboxylic acids is 1. The van der Waals surface area contributed by atoms with Crippen molar-refractivity contribution in [3.05, 3.63) is 0 Å². The van der Waals surface area contributed by atoms with Crippen LogP contribution in [-0.4, -0.2) is 24.5 Å². The fourth-order valence-corrected chi connectivity index (χ4v) is 5.52. The Morgan fingerprint density at radius 1 is 1.10 bits per heavy atom. The summed E-state index contributed by atoms with van der Waals surface area (Å²) in [5.41, 5.74) is -0.0102. The van der Waals surface area contributed by atoms with Crippen molar-refractivity contribution in [2.24, 2.45) is 23.2 Å². The van der Waals surface area contributed by atoms with E-state index in [4.69, 9.17) is 0 Å². The van der Waals surface area contributed by atoms with E-state index < -0.39 is 5.54 Å². The van der Waals surface area contributed by atoms with Crippen LogP contribution in [0, 0.1) is 23.2 Å². The summed E-state index contributed by atoms with van der Waals surface area (Å²) < 4.78 is 0. The summed E-state index contributed by atoms with van der Waals surface area (Å²) in [6.45, 7) is 7.74. The molecule has 3 nitrogen and oxygen atoms in total. The van der Waals surface area contributed by atoms with E-state index in [0.29, 0.717) is 5.41 Å². The molecule has 20 heavy (non-hydrogen) atoms. The van der Waals surface area contributed by atoms with Crippen molar-refractivity contribution in [2.75, 3.05) is 13.1 Å². The molecule has 0 spiro atoms. The maximum atomic E-state index is 12.4. The van der Waals surface area contributed by atoms with Crippen molar-refractivity contribution in [3.8, 4) is 0 Å². The zero-order valence-electron chi connectivity index (χ0n) is 13.3. The van der Waals surface area contributed by atoms with Gasteiger partial charge in [0.2, 0.25) is 5.91 Å². The number of hydrogen-bond donors (Lipinski definition) is 2. The Balaban J connectivity index is 1.60. The van der Waals surface area contributed by atoms with E-state index >= 15 is 0 Å². The molecule has 0 aliphatic heterocycles. The van der Waals surface area contributed by atoms with Gasteiger partial charge < -0.3 is 10.6 Å². The number of nitrogens with one attached hydrogen (secondary N) is 2. The molecule has 0 heterocycles. The lowest BCUT2D eigenvalue weighted by Crippen LogP contribution is -2.56. The molecule has 4 saturated carbocycles. The molecular weight excluding hydrogens is 248 g/mol. The average molecular weight is 278 g/mol. The topological polar surface area (TPSA) is 41.1 Å². The molecule has 2 N–H and O–H groups in total. The van der Waals surface area contributed by atoms with Crippen LogP contribution in [0.2, 0.25) is 0 Å². The SMILES string of the molecule is CCNC(C)(C)C(=O)NCC12CC3CC(CC(C3)C1)C2. The van der Waals surface area contributed by atoms with Gasteiger partial charge in [0.15, 0.2) is 0 Å². The molecule has 0 saturated heterocycles. The van der Waals surface area contributed by atoms with Crippen LogP contribution in [-0.2, 0) is 4.79 Å². The Morgan fingerprint density at radius 2 is 1.60 bits per heavy atom. The van der Waals surface area contributed by atoms with E-state index in [1.165, 1.54) is 38.5 Å². The van der Waals surface area contributed by atoms with Crippen molar-refractivity contribution in [2.45, 2.75) is 64.8 Å². The maximum Gasteiger partial charge on any atom is 0.239 e. The first kappa shape index (κ1) is 14.4. The van der Waals surface area contributed by atoms with Crippen LogP contribution in [0.3, 0.4) is 0 Å². The molecule has 4 fully saturated rings. The van der Waals surface area contributed by atoms with Crippen molar-refractivity contribution < 1.29 is 4.79 Å². The van der Waals surface area contributed by atoms with Crippen LogP contribution in [0.15, 0.2) is 0 Å². The number of likely N-dealkylation sites (N-methyl/N-ethyl adjacent to an activating group) is 1. The van der Waals surface area contributed by atoms with E-state index in [0.717, 1.165) is 30.8 Å². The van der Waals surface area contributed by atoms with Crippen LogP contribution in [0.5, 0.6) is 0 Å². The van der Waals surface area contributed by atoms with Gasteiger partial charge in [0.1, 0.15) is 0 Å². The number of rotatable bonds is 5. The second-order valence-corrected chi connectivity index (χ2v) is 8.26. The fourth-order valence-electron chi connectivity index (χ4n) is 5.52. The molecule has 3 heteroatoms. The molecule has 1 amide bonds. The lowest BCUT2D eigenvalue weighted by atomic mass is 9.49. The highest BCUT2D eigenvalue weighted by molar-refractivity contribution is 5.85. The zero-order chi connectivity index (χ0) is 14.4. The molecule has 0 atom stereocenters. The smallest absolute Gasteiger partial charge is 0.239 e. The van der Waals surface area contributed by atoms with Gasteiger partial charge in [-0.2, -0.15) is 0 Å². The second-order valence-electron chi connectivity index (χ2n) is 8.26. The summed E-state index contributed by atoms with van der Waals surface area (Å²) in [6, 6.07) is 0. The van der Waals surface area contributed by atoms with E-state index in [2.05, 4.69) is 10.6 Å². The van der Waals surface area contributed by atoms with E-state index in [1.807, 2.05) is 20.8 Å². The van der Waals surface area contributed by atoms with Crippen LogP contribution in [0.25, 0.3) is 0 Å². The van der Waals surface area contributed by atoms with Crippen LogP contribution in [0.1, 0.15) is 59.3 Å². The van der Waals surface area contributed by atoms with Gasteiger partial charge >= 0.3 is 0 Å². The van der Waals surface area contributed by atoms with E-state index in [1.54, 1.807) is 0 Å². The Kier molecular flexibility index (Phi) is 3.60. The predicted molar refractivity (Wildman–Crippen MR) is 81.4 cm³/mol. The van der Waals surface area contributed by atoms with Crippen molar-refractivity contribution >= 4 is 5.91 Å². The maximum absolute atomic E-state index is 12.4. The van der Waals surface area contributed by atoms with Crippen LogP contribution < -0.4 is 10.6 Å². The van der Waals surface area contributed by atoms with E-state index in [9.17, 15) is 4.79 Å². The minimum atomic E-state index is -0.447. The summed E-state index contributed by atoms with van der Waals surface area (Å²) in [6.07, 6.45) is 8.49. The molecule has 4 aliphatic carbocycles. The summed E-state index contributed by atoms with van der Waals surface area (Å²) in [5.74, 6) is 3.04. The molecule has 4 rings (SSSR count). The first-order valence-corrected chi connectivity index (χ1v) is 8.46. The van der Waals surface area contributed by atoms with Gasteiger partial charge in [-0.3, -0.25) is 4.79 Å². The van der Waals surface area contributed by atoms with Gasteiger partial charge in [0.25, 0.3) is 0 Å². The highest BCUT2D eigenvalue weighted by atomic mass is 16.2. The van der Waals surface area contributed by atoms with Gasteiger partial charge in [-0.05, 0) is 82.1 Å². The molecular formula is C17H30N2O. The Bertz CT molecular complexity index is 353. The van der Waals surface area contributed by atoms with Gasteiger partial charge in [0.05, 0.1) is 5.54 Å². The largest absolute Gasteiger partial charge is 0.354 e. The Labute approximate surface area is 123 Å². The first-order valence-electron chi connectivity index (χ1n) is 8.46. The molecule has 4 bridgehead atoms. The van der Waals surface area contributed by atoms with Gasteiger partial charge in [0, 0.05) is 6.54 Å². The molecule has 0 aromatic heterocycles. The Hall–Kier alpha value is -0.570. The molecule has 114 valence electrons. The third-order valence-electron chi connectivity index (χ3n) is 5.98. The van der Waals surface area contributed by atoms with Crippen molar-refractivity contribution in [3.63, 3.8) is 0 Å². The number of carbonyl (C=O) groups is 1. The van der Waals surface area contributed by atoms with Crippen LogP contribution >= 0.6 is 0 Å². The lowest BCUT2D eigenvalue weighted by Gasteiger charge is -2.57.